The summed E-state index contributed by atoms with van der Waals surface area (Å²) in [6.45, 7) is 1.21. The van der Waals surface area contributed by atoms with Gasteiger partial charge in [-0.3, -0.25) is 14.8 Å². The van der Waals surface area contributed by atoms with Gasteiger partial charge < -0.3 is 5.32 Å². The summed E-state index contributed by atoms with van der Waals surface area (Å²) >= 11 is 3.33. The molecule has 0 aliphatic carbocycles. The fourth-order valence-electron chi connectivity index (χ4n) is 1.96. The first-order chi connectivity index (χ1) is 9.58. The van der Waals surface area contributed by atoms with E-state index >= 15 is 0 Å². The summed E-state index contributed by atoms with van der Waals surface area (Å²) < 4.78 is 2.66. The molecule has 0 aliphatic heterocycles. The number of nitro benzene ring substituents is 1. The lowest BCUT2D eigenvalue weighted by atomic mass is 10.2. The molecule has 0 unspecified atom stereocenters. The summed E-state index contributed by atoms with van der Waals surface area (Å²) in [5.41, 5.74) is 1.94. The van der Waals surface area contributed by atoms with Gasteiger partial charge in [0.25, 0.3) is 5.69 Å². The van der Waals surface area contributed by atoms with E-state index in [1.165, 1.54) is 6.07 Å². The maximum atomic E-state index is 10.9. The largest absolute Gasteiger partial charge is 0.312 e. The number of benzene rings is 1. The number of hydrogen-bond acceptors (Lipinski definition) is 4. The summed E-state index contributed by atoms with van der Waals surface area (Å²) in [5.74, 6) is 0. The van der Waals surface area contributed by atoms with E-state index in [0.717, 1.165) is 23.1 Å². The van der Waals surface area contributed by atoms with Crippen LogP contribution in [0.25, 0.3) is 0 Å². The van der Waals surface area contributed by atoms with Crippen molar-refractivity contribution in [1.82, 2.24) is 15.1 Å². The molecule has 1 aromatic carbocycles. The number of nitro groups is 1. The van der Waals surface area contributed by atoms with Crippen LogP contribution in [-0.2, 0) is 20.0 Å². The van der Waals surface area contributed by atoms with Crippen LogP contribution in [0.3, 0.4) is 0 Å². The molecule has 6 nitrogen and oxygen atoms in total. The highest BCUT2D eigenvalue weighted by molar-refractivity contribution is 9.10. The first-order valence-electron chi connectivity index (χ1n) is 6.18. The van der Waals surface area contributed by atoms with Crippen molar-refractivity contribution in [1.29, 1.82) is 0 Å². The van der Waals surface area contributed by atoms with Crippen LogP contribution in [0, 0.1) is 10.1 Å². The molecule has 0 amide bonds. The first kappa shape index (κ1) is 14.7. The van der Waals surface area contributed by atoms with Gasteiger partial charge in [-0.2, -0.15) is 5.10 Å². The van der Waals surface area contributed by atoms with E-state index in [-0.39, 0.29) is 10.6 Å². The fourth-order valence-corrected chi connectivity index (χ4v) is 2.37. The summed E-state index contributed by atoms with van der Waals surface area (Å²) in [6.07, 6.45) is 2.59. The molecule has 0 aliphatic rings. The molecule has 0 spiro atoms. The molecule has 0 fully saturated rings. The van der Waals surface area contributed by atoms with Gasteiger partial charge in [-0.1, -0.05) is 15.9 Å². The Morgan fingerprint density at radius 1 is 1.45 bits per heavy atom. The van der Waals surface area contributed by atoms with Gasteiger partial charge in [0.15, 0.2) is 0 Å². The van der Waals surface area contributed by atoms with Gasteiger partial charge in [0.05, 0.1) is 4.92 Å². The monoisotopic (exact) mass is 338 g/mol. The van der Waals surface area contributed by atoms with Gasteiger partial charge in [0.1, 0.15) is 0 Å². The number of aryl methyl sites for hydroxylation is 1. The highest BCUT2D eigenvalue weighted by atomic mass is 79.9. The lowest BCUT2D eigenvalue weighted by molar-refractivity contribution is -0.385. The predicted octanol–water partition coefficient (Wildman–Crippen LogP) is 2.42. The van der Waals surface area contributed by atoms with Crippen molar-refractivity contribution in [3.8, 4) is 0 Å². The second-order valence-corrected chi connectivity index (χ2v) is 5.32. The second kappa shape index (κ2) is 6.62. The second-order valence-electron chi connectivity index (χ2n) is 4.40. The average Bonchev–Trinajstić information content (AvgIpc) is 2.80. The van der Waals surface area contributed by atoms with Crippen LogP contribution < -0.4 is 5.32 Å². The smallest absolute Gasteiger partial charge is 0.273 e. The third-order valence-corrected chi connectivity index (χ3v) is 3.53. The Labute approximate surface area is 125 Å². The molecule has 106 valence electrons. The molecule has 7 heteroatoms. The van der Waals surface area contributed by atoms with Crippen molar-refractivity contribution < 1.29 is 4.92 Å². The molecule has 1 aromatic heterocycles. The Morgan fingerprint density at radius 3 is 2.90 bits per heavy atom. The van der Waals surface area contributed by atoms with E-state index < -0.39 is 0 Å². The average molecular weight is 339 g/mol. The van der Waals surface area contributed by atoms with Crippen LogP contribution in [0.2, 0.25) is 0 Å². The number of rotatable bonds is 6. The molecule has 1 N–H and O–H groups in total. The molecule has 1 heterocycles. The number of aromatic nitrogens is 2. The van der Waals surface area contributed by atoms with Crippen LogP contribution in [0.4, 0.5) is 5.69 Å². The molecule has 0 saturated heterocycles. The number of halogens is 1. The third-order valence-electron chi connectivity index (χ3n) is 3.03. The van der Waals surface area contributed by atoms with Crippen LogP contribution in [0.5, 0.6) is 0 Å². The zero-order valence-corrected chi connectivity index (χ0v) is 12.6. The molecular formula is C13H15BrN4O2. The minimum Gasteiger partial charge on any atom is -0.312 e. The van der Waals surface area contributed by atoms with Crippen molar-refractivity contribution in [3.63, 3.8) is 0 Å². The summed E-state index contributed by atoms with van der Waals surface area (Å²) in [4.78, 5) is 10.6. The Bertz CT molecular complexity index is 612. The quantitative estimate of drug-likeness (QED) is 0.498. The van der Waals surface area contributed by atoms with E-state index in [0.29, 0.717) is 12.1 Å². The van der Waals surface area contributed by atoms with E-state index in [9.17, 15) is 10.1 Å². The highest BCUT2D eigenvalue weighted by Gasteiger charge is 2.13. The van der Waals surface area contributed by atoms with Crippen molar-refractivity contribution in [3.05, 3.63) is 56.3 Å². The summed E-state index contributed by atoms with van der Waals surface area (Å²) in [6, 6.07) is 6.93. The molecular weight excluding hydrogens is 324 g/mol. The van der Waals surface area contributed by atoms with Crippen molar-refractivity contribution in [2.75, 3.05) is 6.54 Å². The zero-order valence-electron chi connectivity index (χ0n) is 11.0. The Balaban J connectivity index is 1.92. The Kier molecular flexibility index (Phi) is 4.86. The zero-order chi connectivity index (χ0) is 14.5. The maximum absolute atomic E-state index is 10.9. The van der Waals surface area contributed by atoms with Gasteiger partial charge in [0.2, 0.25) is 0 Å². The lowest BCUT2D eigenvalue weighted by Crippen LogP contribution is -2.18. The van der Waals surface area contributed by atoms with E-state index in [4.69, 9.17) is 0 Å². The van der Waals surface area contributed by atoms with Crippen LogP contribution in [0.1, 0.15) is 11.3 Å². The van der Waals surface area contributed by atoms with Crippen LogP contribution >= 0.6 is 15.9 Å². The lowest BCUT2D eigenvalue weighted by Gasteiger charge is -2.06. The SMILES string of the molecule is Cn1nccc1CCNCc1cc(Br)ccc1[N+](=O)[O-]. The van der Waals surface area contributed by atoms with Gasteiger partial charge in [-0.15, -0.1) is 0 Å². The Hall–Kier alpha value is -1.73. The number of nitrogens with zero attached hydrogens (tertiary/aromatic N) is 3. The van der Waals surface area contributed by atoms with E-state index in [1.807, 2.05) is 17.8 Å². The molecule has 2 rings (SSSR count). The van der Waals surface area contributed by atoms with Crippen molar-refractivity contribution >= 4 is 21.6 Å². The molecule has 0 radical (unpaired) electrons. The fraction of sp³-hybridized carbons (Fsp3) is 0.308. The molecule has 2 aromatic rings. The molecule has 20 heavy (non-hydrogen) atoms. The van der Waals surface area contributed by atoms with Crippen LogP contribution in [-0.4, -0.2) is 21.2 Å². The number of nitrogens with one attached hydrogen (secondary N) is 1. The minimum atomic E-state index is -0.357. The predicted molar refractivity (Wildman–Crippen MR) is 79.4 cm³/mol. The Morgan fingerprint density at radius 2 is 2.25 bits per heavy atom. The van der Waals surface area contributed by atoms with E-state index in [2.05, 4.69) is 26.3 Å². The molecule has 0 saturated carbocycles. The molecule has 0 atom stereocenters. The topological polar surface area (TPSA) is 73.0 Å². The third kappa shape index (κ3) is 3.64. The minimum absolute atomic E-state index is 0.140. The number of hydrogen-bond donors (Lipinski definition) is 1. The van der Waals surface area contributed by atoms with Gasteiger partial charge in [-0.25, -0.2) is 0 Å². The van der Waals surface area contributed by atoms with Gasteiger partial charge in [-0.05, 0) is 18.2 Å². The highest BCUT2D eigenvalue weighted by Crippen LogP contribution is 2.22. The van der Waals surface area contributed by atoms with Gasteiger partial charge >= 0.3 is 0 Å². The normalized spacial score (nSPS) is 10.7. The maximum Gasteiger partial charge on any atom is 0.273 e. The molecule has 0 bridgehead atoms. The van der Waals surface area contributed by atoms with Crippen molar-refractivity contribution in [2.24, 2.45) is 7.05 Å². The summed E-state index contributed by atoms with van der Waals surface area (Å²) in [5, 5.41) is 18.3. The summed E-state index contributed by atoms with van der Waals surface area (Å²) in [7, 11) is 1.90. The first-order valence-corrected chi connectivity index (χ1v) is 6.97. The standard InChI is InChI=1S/C13H15BrN4O2/c1-17-12(5-7-16-17)4-6-15-9-10-8-11(14)2-3-13(10)18(19)20/h2-3,5,7-8,15H,4,6,9H2,1H3. The van der Waals surface area contributed by atoms with Crippen molar-refractivity contribution in [2.45, 2.75) is 13.0 Å². The van der Waals surface area contributed by atoms with Gasteiger partial charge in [0, 0.05) is 54.6 Å². The van der Waals surface area contributed by atoms with Crippen LogP contribution in [0.15, 0.2) is 34.9 Å². The van der Waals surface area contributed by atoms with E-state index in [1.54, 1.807) is 18.3 Å².